The molecule has 2 rings (SSSR count). The molecule has 0 saturated carbocycles. The molecule has 1 aromatic heterocycles. The van der Waals surface area contributed by atoms with Crippen molar-refractivity contribution in [1.82, 2.24) is 4.98 Å². The summed E-state index contributed by atoms with van der Waals surface area (Å²) in [4.78, 5) is 14.8. The molecule has 0 bridgehead atoms. The molecule has 0 aliphatic heterocycles. The minimum absolute atomic E-state index is 0.0734. The highest BCUT2D eigenvalue weighted by atomic mass is 79.9. The molecule has 6 heteroatoms. The number of halogens is 2. The van der Waals surface area contributed by atoms with Gasteiger partial charge in [0.05, 0.1) is 0 Å². The predicted octanol–water partition coefficient (Wildman–Crippen LogP) is 2.94. The molecule has 0 aliphatic rings. The third kappa shape index (κ3) is 1.96. The second-order valence-corrected chi connectivity index (χ2v) is 3.63. The van der Waals surface area contributed by atoms with Gasteiger partial charge in [0, 0.05) is 21.5 Å². The van der Waals surface area contributed by atoms with Crippen molar-refractivity contribution in [1.29, 1.82) is 0 Å². The number of hydrogen-bond acceptors (Lipinski definition) is 3. The summed E-state index contributed by atoms with van der Waals surface area (Å²) in [6, 6.07) is 5.32. The van der Waals surface area contributed by atoms with Gasteiger partial charge in [0.2, 0.25) is 5.76 Å². The molecule has 4 nitrogen and oxygen atoms in total. The van der Waals surface area contributed by atoms with Gasteiger partial charge >= 0.3 is 5.97 Å². The molecule has 16 heavy (non-hydrogen) atoms. The van der Waals surface area contributed by atoms with E-state index in [-0.39, 0.29) is 16.3 Å². The van der Waals surface area contributed by atoms with Crippen molar-refractivity contribution in [3.05, 3.63) is 40.6 Å². The largest absolute Gasteiger partial charge is 0.475 e. The van der Waals surface area contributed by atoms with E-state index in [2.05, 4.69) is 20.9 Å². The lowest BCUT2D eigenvalue weighted by Gasteiger charge is -1.96. The minimum Gasteiger partial charge on any atom is -0.475 e. The average Bonchev–Trinajstić information content (AvgIpc) is 2.61. The van der Waals surface area contributed by atoms with Crippen LogP contribution in [0.3, 0.4) is 0 Å². The van der Waals surface area contributed by atoms with Crippen molar-refractivity contribution < 1.29 is 18.7 Å². The fourth-order valence-electron chi connectivity index (χ4n) is 1.24. The average molecular weight is 286 g/mol. The third-order valence-electron chi connectivity index (χ3n) is 1.91. The summed E-state index contributed by atoms with van der Waals surface area (Å²) in [6.07, 6.45) is 0. The van der Waals surface area contributed by atoms with Crippen LogP contribution in [0.1, 0.15) is 10.6 Å². The molecular formula is C10H5BrFNO3. The first-order valence-corrected chi connectivity index (χ1v) is 5.03. The first-order valence-electron chi connectivity index (χ1n) is 4.23. The monoisotopic (exact) mass is 285 g/mol. The van der Waals surface area contributed by atoms with E-state index in [1.807, 2.05) is 0 Å². The highest BCUT2D eigenvalue weighted by Gasteiger charge is 2.19. The van der Waals surface area contributed by atoms with E-state index in [0.717, 1.165) is 0 Å². The number of carboxylic acid groups (broad SMARTS) is 1. The van der Waals surface area contributed by atoms with E-state index in [9.17, 15) is 9.18 Å². The van der Waals surface area contributed by atoms with Crippen LogP contribution in [-0.4, -0.2) is 16.1 Å². The number of carbonyl (C=O) groups is 1. The molecule has 0 radical (unpaired) electrons. The van der Waals surface area contributed by atoms with Gasteiger partial charge in [-0.3, -0.25) is 0 Å². The Bertz CT molecular complexity index is 535. The van der Waals surface area contributed by atoms with Crippen molar-refractivity contribution in [3.63, 3.8) is 0 Å². The van der Waals surface area contributed by atoms with Crippen LogP contribution in [0.4, 0.5) is 4.39 Å². The van der Waals surface area contributed by atoms with Crippen LogP contribution >= 0.6 is 15.9 Å². The Morgan fingerprint density at radius 3 is 2.56 bits per heavy atom. The summed E-state index contributed by atoms with van der Waals surface area (Å²) in [5.41, 5.74) is 0.646. The van der Waals surface area contributed by atoms with Crippen molar-refractivity contribution in [3.8, 4) is 11.3 Å². The van der Waals surface area contributed by atoms with Crippen LogP contribution in [0, 0.1) is 5.82 Å². The Hall–Kier alpha value is -1.69. The van der Waals surface area contributed by atoms with Gasteiger partial charge in [-0.2, -0.15) is 0 Å². The first kappa shape index (κ1) is 10.8. The Morgan fingerprint density at radius 2 is 2.00 bits per heavy atom. The molecule has 0 spiro atoms. The number of aromatic nitrogens is 1. The van der Waals surface area contributed by atoms with Gasteiger partial charge in [0.25, 0.3) is 4.80 Å². The van der Waals surface area contributed by atoms with Gasteiger partial charge in [-0.05, 0) is 24.3 Å². The fraction of sp³-hybridized carbons (Fsp3) is 0. The van der Waals surface area contributed by atoms with Crippen molar-refractivity contribution >= 4 is 21.9 Å². The molecule has 0 atom stereocenters. The molecule has 0 saturated heterocycles. The number of aromatic carboxylic acids is 1. The molecule has 2 aromatic rings. The van der Waals surface area contributed by atoms with Crippen molar-refractivity contribution in [2.45, 2.75) is 0 Å². The zero-order chi connectivity index (χ0) is 11.7. The molecule has 1 heterocycles. The molecule has 0 amide bonds. The lowest BCUT2D eigenvalue weighted by atomic mass is 10.1. The van der Waals surface area contributed by atoms with E-state index >= 15 is 0 Å². The van der Waals surface area contributed by atoms with Gasteiger partial charge in [0.1, 0.15) is 11.5 Å². The maximum atomic E-state index is 12.7. The topological polar surface area (TPSA) is 63.3 Å². The van der Waals surface area contributed by atoms with E-state index in [1.54, 1.807) is 0 Å². The number of rotatable bonds is 2. The summed E-state index contributed by atoms with van der Waals surface area (Å²) in [5, 5.41) is 8.87. The Labute approximate surface area is 97.9 Å². The maximum Gasteiger partial charge on any atom is 0.374 e. The molecule has 0 aliphatic carbocycles. The van der Waals surface area contributed by atoms with Gasteiger partial charge in [-0.15, -0.1) is 0 Å². The summed E-state index contributed by atoms with van der Waals surface area (Å²) in [6.45, 7) is 0. The van der Waals surface area contributed by atoms with Gasteiger partial charge in [0.15, 0.2) is 0 Å². The standard InChI is InChI=1S/C10H5BrFNO3/c11-10-13-7(8(16-10)9(14)15)5-1-3-6(12)4-2-5/h1-4H,(H,14,15). The lowest BCUT2D eigenvalue weighted by molar-refractivity contribution is 0.0662. The zero-order valence-electron chi connectivity index (χ0n) is 7.78. The van der Waals surface area contributed by atoms with Crippen LogP contribution in [0.5, 0.6) is 0 Å². The van der Waals surface area contributed by atoms with E-state index in [0.29, 0.717) is 5.56 Å². The molecule has 82 valence electrons. The van der Waals surface area contributed by atoms with Crippen LogP contribution in [0.15, 0.2) is 33.5 Å². The van der Waals surface area contributed by atoms with Crippen LogP contribution in [-0.2, 0) is 0 Å². The highest BCUT2D eigenvalue weighted by molar-refractivity contribution is 9.10. The summed E-state index contributed by atoms with van der Waals surface area (Å²) in [7, 11) is 0. The van der Waals surface area contributed by atoms with Crippen LogP contribution in [0.2, 0.25) is 0 Å². The van der Waals surface area contributed by atoms with E-state index in [1.165, 1.54) is 24.3 Å². The lowest BCUT2D eigenvalue weighted by Crippen LogP contribution is -1.96. The fourth-order valence-corrected chi connectivity index (χ4v) is 1.58. The molecule has 0 unspecified atom stereocenters. The third-order valence-corrected chi connectivity index (χ3v) is 2.25. The first-order chi connectivity index (χ1) is 7.58. The summed E-state index contributed by atoms with van der Waals surface area (Å²) in [5.74, 6) is -1.90. The maximum absolute atomic E-state index is 12.7. The number of hydrogen-bond donors (Lipinski definition) is 1. The second-order valence-electron chi connectivity index (χ2n) is 2.96. The Balaban J connectivity index is 2.55. The smallest absolute Gasteiger partial charge is 0.374 e. The van der Waals surface area contributed by atoms with Gasteiger partial charge in [-0.25, -0.2) is 14.2 Å². The number of nitrogens with zero attached hydrogens (tertiary/aromatic N) is 1. The SMILES string of the molecule is O=C(O)c1oc(Br)nc1-c1ccc(F)cc1. The quantitative estimate of drug-likeness (QED) is 0.921. The van der Waals surface area contributed by atoms with Crippen molar-refractivity contribution in [2.75, 3.05) is 0 Å². The molecule has 0 fully saturated rings. The van der Waals surface area contributed by atoms with Gasteiger partial charge < -0.3 is 9.52 Å². The number of benzene rings is 1. The summed E-state index contributed by atoms with van der Waals surface area (Å²) < 4.78 is 17.6. The minimum atomic E-state index is -1.22. The zero-order valence-corrected chi connectivity index (χ0v) is 9.36. The molecule has 1 N–H and O–H groups in total. The molecular weight excluding hydrogens is 281 g/mol. The Kier molecular flexibility index (Phi) is 2.74. The number of oxazole rings is 1. The normalized spacial score (nSPS) is 10.4. The van der Waals surface area contributed by atoms with Crippen LogP contribution < -0.4 is 0 Å². The predicted molar refractivity (Wildman–Crippen MR) is 56.6 cm³/mol. The van der Waals surface area contributed by atoms with Crippen molar-refractivity contribution in [2.24, 2.45) is 0 Å². The summed E-state index contributed by atoms with van der Waals surface area (Å²) >= 11 is 2.95. The molecule has 1 aromatic carbocycles. The van der Waals surface area contributed by atoms with Crippen LogP contribution in [0.25, 0.3) is 11.3 Å². The van der Waals surface area contributed by atoms with E-state index in [4.69, 9.17) is 9.52 Å². The highest BCUT2D eigenvalue weighted by Crippen LogP contribution is 2.26. The second kappa shape index (κ2) is 4.05. The van der Waals surface area contributed by atoms with E-state index < -0.39 is 11.8 Å². The number of carboxylic acids is 1. The van der Waals surface area contributed by atoms with Gasteiger partial charge in [-0.1, -0.05) is 0 Å². The Morgan fingerprint density at radius 1 is 1.38 bits per heavy atom.